The van der Waals surface area contributed by atoms with Crippen LogP contribution in [0.5, 0.6) is 0 Å². The van der Waals surface area contributed by atoms with Crippen molar-refractivity contribution in [3.8, 4) is 0 Å². The maximum atomic E-state index is 5.04. The summed E-state index contributed by atoms with van der Waals surface area (Å²) in [6, 6.07) is 4.59. The average Bonchev–Trinajstić information content (AvgIpc) is 2.84. The van der Waals surface area contributed by atoms with Gasteiger partial charge < -0.3 is 9.84 Å². The fourth-order valence-corrected chi connectivity index (χ4v) is 2.34. The number of hydrogen-bond acceptors (Lipinski definition) is 5. The summed E-state index contributed by atoms with van der Waals surface area (Å²) in [5, 5.41) is 7.10. The van der Waals surface area contributed by atoms with Crippen molar-refractivity contribution in [2.45, 2.75) is 33.4 Å². The van der Waals surface area contributed by atoms with Gasteiger partial charge in [-0.05, 0) is 32.9 Å². The molecule has 0 aliphatic rings. The van der Waals surface area contributed by atoms with E-state index in [1.165, 1.54) is 9.75 Å². The minimum Gasteiger partial charge on any atom is -0.338 e. The van der Waals surface area contributed by atoms with Crippen molar-refractivity contribution in [3.63, 3.8) is 0 Å². The van der Waals surface area contributed by atoms with E-state index in [4.69, 9.17) is 4.52 Å². The molecule has 5 heteroatoms. The van der Waals surface area contributed by atoms with E-state index in [2.05, 4.69) is 41.4 Å². The van der Waals surface area contributed by atoms with E-state index in [0.717, 1.165) is 0 Å². The molecule has 2 rings (SSSR count). The molecular weight excluding hydrogens is 222 g/mol. The summed E-state index contributed by atoms with van der Waals surface area (Å²) in [7, 11) is 0. The average molecular weight is 237 g/mol. The Hall–Kier alpha value is -1.20. The third kappa shape index (κ3) is 2.68. The Bertz CT molecular complexity index is 463. The van der Waals surface area contributed by atoms with Crippen LogP contribution in [0.4, 0.5) is 0 Å². The minimum absolute atomic E-state index is 0.311. The predicted octanol–water partition coefficient (Wildman–Crippen LogP) is 2.60. The molecule has 0 aliphatic carbocycles. The number of aryl methyl sites for hydroxylation is 2. The summed E-state index contributed by atoms with van der Waals surface area (Å²) >= 11 is 1.81. The summed E-state index contributed by atoms with van der Waals surface area (Å²) in [5.74, 6) is 1.31. The molecule has 1 unspecified atom stereocenters. The number of rotatable bonds is 4. The number of nitrogens with zero attached hydrogens (tertiary/aromatic N) is 2. The Morgan fingerprint density at radius 1 is 1.44 bits per heavy atom. The monoisotopic (exact) mass is 237 g/mol. The van der Waals surface area contributed by atoms with Gasteiger partial charge in [-0.1, -0.05) is 5.16 Å². The van der Waals surface area contributed by atoms with Crippen molar-refractivity contribution in [2.24, 2.45) is 0 Å². The lowest BCUT2D eigenvalue weighted by atomic mass is 10.3. The van der Waals surface area contributed by atoms with Crippen molar-refractivity contribution in [3.05, 3.63) is 33.6 Å². The first-order valence-electron chi connectivity index (χ1n) is 5.24. The fourth-order valence-electron chi connectivity index (χ4n) is 1.44. The first-order valence-corrected chi connectivity index (χ1v) is 6.05. The Morgan fingerprint density at radius 2 is 2.25 bits per heavy atom. The molecule has 16 heavy (non-hydrogen) atoms. The Balaban J connectivity index is 1.91. The van der Waals surface area contributed by atoms with E-state index in [-0.39, 0.29) is 0 Å². The third-order valence-electron chi connectivity index (χ3n) is 2.32. The second-order valence-electron chi connectivity index (χ2n) is 3.79. The lowest BCUT2D eigenvalue weighted by Crippen LogP contribution is -2.17. The van der Waals surface area contributed by atoms with Crippen LogP contribution in [0.1, 0.15) is 34.4 Å². The van der Waals surface area contributed by atoms with Gasteiger partial charge in [0.2, 0.25) is 5.89 Å². The second-order valence-corrected chi connectivity index (χ2v) is 5.11. The second kappa shape index (κ2) is 4.76. The zero-order valence-electron chi connectivity index (χ0n) is 9.65. The number of thiophene rings is 1. The molecule has 0 bridgehead atoms. The van der Waals surface area contributed by atoms with E-state index in [9.17, 15) is 0 Å². The van der Waals surface area contributed by atoms with Gasteiger partial charge in [-0.2, -0.15) is 4.98 Å². The Morgan fingerprint density at radius 3 is 2.81 bits per heavy atom. The van der Waals surface area contributed by atoms with Gasteiger partial charge in [0.05, 0.1) is 6.54 Å². The molecule has 4 nitrogen and oxygen atoms in total. The lowest BCUT2D eigenvalue weighted by molar-refractivity contribution is 0.358. The highest BCUT2D eigenvalue weighted by molar-refractivity contribution is 7.12. The van der Waals surface area contributed by atoms with Gasteiger partial charge in [0.25, 0.3) is 0 Å². The number of aromatic nitrogens is 2. The summed E-state index contributed by atoms with van der Waals surface area (Å²) in [6.07, 6.45) is 0. The highest BCUT2D eigenvalue weighted by Crippen LogP contribution is 2.22. The van der Waals surface area contributed by atoms with Crippen LogP contribution in [0, 0.1) is 13.8 Å². The van der Waals surface area contributed by atoms with Gasteiger partial charge in [-0.15, -0.1) is 11.3 Å². The molecule has 1 atom stereocenters. The SMILES string of the molecule is Cc1noc(CNC(C)c2ccc(C)s2)n1. The minimum atomic E-state index is 0.311. The van der Waals surface area contributed by atoms with Crippen molar-refractivity contribution in [1.29, 1.82) is 0 Å². The molecule has 0 saturated heterocycles. The molecule has 0 aromatic carbocycles. The van der Waals surface area contributed by atoms with Crippen LogP contribution < -0.4 is 5.32 Å². The molecular formula is C11H15N3OS. The quantitative estimate of drug-likeness (QED) is 0.888. The lowest BCUT2D eigenvalue weighted by Gasteiger charge is -2.09. The highest BCUT2D eigenvalue weighted by Gasteiger charge is 2.09. The molecule has 0 amide bonds. The van der Waals surface area contributed by atoms with Gasteiger partial charge >= 0.3 is 0 Å². The molecule has 86 valence electrons. The highest BCUT2D eigenvalue weighted by atomic mass is 32.1. The third-order valence-corrected chi connectivity index (χ3v) is 3.50. The van der Waals surface area contributed by atoms with E-state index >= 15 is 0 Å². The van der Waals surface area contributed by atoms with Crippen molar-refractivity contribution in [2.75, 3.05) is 0 Å². The number of nitrogens with one attached hydrogen (secondary N) is 1. The maximum Gasteiger partial charge on any atom is 0.240 e. The molecule has 0 radical (unpaired) electrons. The van der Waals surface area contributed by atoms with Gasteiger partial charge in [0.15, 0.2) is 5.82 Å². The van der Waals surface area contributed by atoms with Crippen LogP contribution in [0.25, 0.3) is 0 Å². The Labute approximate surface area is 98.7 Å². The van der Waals surface area contributed by atoms with Gasteiger partial charge in [-0.3, -0.25) is 0 Å². The maximum absolute atomic E-state index is 5.04. The Kier molecular flexibility index (Phi) is 3.36. The largest absolute Gasteiger partial charge is 0.338 e. The zero-order valence-corrected chi connectivity index (χ0v) is 10.5. The molecule has 1 N–H and O–H groups in total. The zero-order chi connectivity index (χ0) is 11.5. The van der Waals surface area contributed by atoms with Crippen LogP contribution in [0.15, 0.2) is 16.7 Å². The van der Waals surface area contributed by atoms with E-state index < -0.39 is 0 Å². The van der Waals surface area contributed by atoms with Crippen molar-refractivity contribution < 1.29 is 4.52 Å². The van der Waals surface area contributed by atoms with E-state index in [0.29, 0.717) is 24.3 Å². The molecule has 0 saturated carbocycles. The van der Waals surface area contributed by atoms with Crippen LogP contribution in [0.2, 0.25) is 0 Å². The molecule has 0 fully saturated rings. The molecule has 0 aliphatic heterocycles. The first-order chi connectivity index (χ1) is 7.65. The molecule has 2 aromatic heterocycles. The van der Waals surface area contributed by atoms with Crippen LogP contribution >= 0.6 is 11.3 Å². The fraction of sp³-hybridized carbons (Fsp3) is 0.455. The van der Waals surface area contributed by atoms with Gasteiger partial charge in [0, 0.05) is 15.8 Å². The summed E-state index contributed by atoms with van der Waals surface area (Å²) < 4.78 is 5.04. The summed E-state index contributed by atoms with van der Waals surface area (Å²) in [5.41, 5.74) is 0. The predicted molar refractivity (Wildman–Crippen MR) is 63.3 cm³/mol. The van der Waals surface area contributed by atoms with E-state index in [1.54, 1.807) is 0 Å². The summed E-state index contributed by atoms with van der Waals surface area (Å²) in [6.45, 7) is 6.68. The first kappa shape index (κ1) is 11.3. The molecule has 2 heterocycles. The van der Waals surface area contributed by atoms with Crippen LogP contribution in [0.3, 0.4) is 0 Å². The summed E-state index contributed by atoms with van der Waals surface area (Å²) in [4.78, 5) is 6.80. The van der Waals surface area contributed by atoms with Crippen LogP contribution in [-0.4, -0.2) is 10.1 Å². The normalized spacial score (nSPS) is 12.9. The molecule has 0 spiro atoms. The molecule has 2 aromatic rings. The smallest absolute Gasteiger partial charge is 0.240 e. The topological polar surface area (TPSA) is 51.0 Å². The van der Waals surface area contributed by atoms with Crippen LogP contribution in [-0.2, 0) is 6.54 Å². The standard InChI is InChI=1S/C11H15N3OS/c1-7-4-5-10(16-7)8(2)12-6-11-13-9(3)14-15-11/h4-5,8,12H,6H2,1-3H3. The van der Waals surface area contributed by atoms with E-state index in [1.807, 2.05) is 18.3 Å². The van der Waals surface area contributed by atoms with Gasteiger partial charge in [-0.25, -0.2) is 0 Å². The van der Waals surface area contributed by atoms with Gasteiger partial charge in [0.1, 0.15) is 0 Å². The number of hydrogen-bond donors (Lipinski definition) is 1. The van der Waals surface area contributed by atoms with Crippen molar-refractivity contribution in [1.82, 2.24) is 15.5 Å². The van der Waals surface area contributed by atoms with Crippen molar-refractivity contribution >= 4 is 11.3 Å².